The molecule has 0 spiro atoms. The third-order valence-corrected chi connectivity index (χ3v) is 5.93. The Bertz CT molecular complexity index is 942. The van der Waals surface area contributed by atoms with E-state index in [0.29, 0.717) is 10.6 Å². The molecule has 0 radical (unpaired) electrons. The molecule has 1 aromatic carbocycles. The molecule has 2 aromatic rings. The van der Waals surface area contributed by atoms with E-state index in [9.17, 15) is 14.4 Å². The number of rotatable bonds is 7. The van der Waals surface area contributed by atoms with Crippen LogP contribution >= 0.6 is 27.3 Å². The molecule has 29 heavy (non-hydrogen) atoms. The second-order valence-corrected chi connectivity index (χ2v) is 8.85. The Kier molecular flexibility index (Phi) is 7.95. The van der Waals surface area contributed by atoms with Gasteiger partial charge < -0.3 is 15.4 Å². The number of esters is 1. The lowest BCUT2D eigenvalue weighted by Gasteiger charge is -2.16. The van der Waals surface area contributed by atoms with Crippen molar-refractivity contribution in [3.63, 3.8) is 0 Å². The van der Waals surface area contributed by atoms with E-state index >= 15 is 0 Å². The van der Waals surface area contributed by atoms with Gasteiger partial charge in [-0.05, 0) is 57.1 Å². The average molecular weight is 482 g/mol. The first kappa shape index (κ1) is 23.1. The van der Waals surface area contributed by atoms with Crippen molar-refractivity contribution in [2.45, 2.75) is 20.8 Å². The van der Waals surface area contributed by atoms with E-state index < -0.39 is 5.97 Å². The molecule has 1 heterocycles. The molecule has 1 aromatic heterocycles. The van der Waals surface area contributed by atoms with Gasteiger partial charge in [-0.15, -0.1) is 11.3 Å². The van der Waals surface area contributed by atoms with E-state index in [1.54, 1.807) is 11.9 Å². The predicted octanol–water partition coefficient (Wildman–Crippen LogP) is 3.73. The molecular formula is C20H24BrN3O4S. The van der Waals surface area contributed by atoms with Crippen molar-refractivity contribution in [3.8, 4) is 0 Å². The Morgan fingerprint density at radius 1 is 1.10 bits per heavy atom. The number of methoxy groups -OCH3 is 1. The summed E-state index contributed by atoms with van der Waals surface area (Å²) in [4.78, 5) is 39.2. The second-order valence-electron chi connectivity index (χ2n) is 6.71. The summed E-state index contributed by atoms with van der Waals surface area (Å²) in [5.41, 5.74) is 2.82. The van der Waals surface area contributed by atoms with Crippen LogP contribution < -0.4 is 10.6 Å². The number of likely N-dealkylation sites (N-methyl/N-ethyl adjacent to an activating group) is 1. The Morgan fingerprint density at radius 2 is 1.72 bits per heavy atom. The molecule has 0 unspecified atom stereocenters. The van der Waals surface area contributed by atoms with Crippen LogP contribution in [0.4, 0.5) is 10.7 Å². The zero-order valence-electron chi connectivity index (χ0n) is 17.0. The number of thiophene rings is 1. The largest absolute Gasteiger partial charge is 0.465 e. The minimum Gasteiger partial charge on any atom is -0.465 e. The van der Waals surface area contributed by atoms with Crippen molar-refractivity contribution in [1.29, 1.82) is 0 Å². The molecule has 2 N–H and O–H groups in total. The summed E-state index contributed by atoms with van der Waals surface area (Å²) in [6.07, 6.45) is 0. The first-order chi connectivity index (χ1) is 13.6. The molecule has 0 bridgehead atoms. The third-order valence-electron chi connectivity index (χ3n) is 4.32. The van der Waals surface area contributed by atoms with Crippen molar-refractivity contribution in [3.05, 3.63) is 44.2 Å². The molecule has 0 aliphatic heterocycles. The second kappa shape index (κ2) is 10.00. The van der Waals surface area contributed by atoms with Gasteiger partial charge >= 0.3 is 5.97 Å². The predicted molar refractivity (Wildman–Crippen MR) is 119 cm³/mol. The maximum atomic E-state index is 12.4. The monoisotopic (exact) mass is 481 g/mol. The van der Waals surface area contributed by atoms with Crippen molar-refractivity contribution in [2.24, 2.45) is 0 Å². The minimum absolute atomic E-state index is 0.00332. The molecule has 0 aliphatic rings. The number of hydrogen-bond donors (Lipinski definition) is 2. The Balaban J connectivity index is 1.95. The lowest BCUT2D eigenvalue weighted by molar-refractivity contribution is -0.119. The fourth-order valence-corrected chi connectivity index (χ4v) is 4.27. The van der Waals surface area contributed by atoms with Gasteiger partial charge in [0.05, 0.1) is 25.8 Å². The number of nitrogens with one attached hydrogen (secondary N) is 2. The van der Waals surface area contributed by atoms with Crippen molar-refractivity contribution >= 4 is 55.7 Å². The van der Waals surface area contributed by atoms with Crippen LogP contribution in [0.1, 0.15) is 26.4 Å². The highest BCUT2D eigenvalue weighted by molar-refractivity contribution is 9.10. The van der Waals surface area contributed by atoms with E-state index in [1.165, 1.54) is 18.4 Å². The minimum atomic E-state index is -0.486. The molecule has 7 nitrogen and oxygen atoms in total. The molecule has 0 atom stereocenters. The van der Waals surface area contributed by atoms with Crippen LogP contribution in [0, 0.1) is 20.8 Å². The Labute approximate surface area is 182 Å². The molecule has 0 fully saturated rings. The normalized spacial score (nSPS) is 10.7. The van der Waals surface area contributed by atoms with Crippen molar-refractivity contribution in [1.82, 2.24) is 4.90 Å². The van der Waals surface area contributed by atoms with E-state index in [4.69, 9.17) is 4.74 Å². The zero-order valence-corrected chi connectivity index (χ0v) is 19.4. The summed E-state index contributed by atoms with van der Waals surface area (Å²) in [6.45, 7) is 5.65. The number of benzene rings is 1. The molecule has 2 amide bonds. The van der Waals surface area contributed by atoms with Gasteiger partial charge in [0.15, 0.2) is 0 Å². The number of nitrogens with zero attached hydrogens (tertiary/aromatic N) is 1. The molecule has 0 saturated carbocycles. The van der Waals surface area contributed by atoms with Crippen molar-refractivity contribution in [2.75, 3.05) is 37.9 Å². The van der Waals surface area contributed by atoms with Gasteiger partial charge in [0, 0.05) is 15.0 Å². The highest BCUT2D eigenvalue weighted by Gasteiger charge is 2.22. The highest BCUT2D eigenvalue weighted by Crippen LogP contribution is 2.32. The zero-order chi connectivity index (χ0) is 21.7. The Hall–Kier alpha value is -2.23. The number of hydrogen-bond acceptors (Lipinski definition) is 6. The van der Waals surface area contributed by atoms with E-state index in [2.05, 4.69) is 26.6 Å². The number of amides is 2. The van der Waals surface area contributed by atoms with Crippen molar-refractivity contribution < 1.29 is 19.1 Å². The maximum absolute atomic E-state index is 12.4. The van der Waals surface area contributed by atoms with Crippen LogP contribution in [0.5, 0.6) is 0 Å². The van der Waals surface area contributed by atoms with E-state index in [0.717, 1.165) is 26.2 Å². The van der Waals surface area contributed by atoms with Gasteiger partial charge in [-0.2, -0.15) is 0 Å². The lowest BCUT2D eigenvalue weighted by atomic mass is 10.1. The molecule has 2 rings (SSSR count). The quantitative estimate of drug-likeness (QED) is 0.588. The SMILES string of the molecule is COC(=O)c1c(NC(=O)CN(C)CC(=O)Nc2ccc(Br)cc2C)sc(C)c1C. The van der Waals surface area contributed by atoms with Gasteiger partial charge in [0.1, 0.15) is 5.00 Å². The number of ether oxygens (including phenoxy) is 1. The van der Waals surface area contributed by atoms with Crippen LogP contribution in [0.2, 0.25) is 0 Å². The standard InChI is InChI=1S/C20H24BrN3O4S/c1-11-8-14(21)6-7-15(11)22-16(25)9-24(4)10-17(26)23-19-18(20(27)28-5)12(2)13(3)29-19/h6-8H,9-10H2,1-5H3,(H,22,25)(H,23,26). The van der Waals surface area contributed by atoms with Crippen LogP contribution in [0.15, 0.2) is 22.7 Å². The van der Waals surface area contributed by atoms with Gasteiger partial charge in [-0.1, -0.05) is 15.9 Å². The molecular weight excluding hydrogens is 458 g/mol. The summed E-state index contributed by atoms with van der Waals surface area (Å²) in [5, 5.41) is 6.06. The summed E-state index contributed by atoms with van der Waals surface area (Å²) >= 11 is 4.71. The average Bonchev–Trinajstić information content (AvgIpc) is 2.90. The van der Waals surface area contributed by atoms with Crippen LogP contribution in [-0.4, -0.2) is 49.9 Å². The van der Waals surface area contributed by atoms with Crippen LogP contribution in [0.25, 0.3) is 0 Å². The van der Waals surface area contributed by atoms with Gasteiger partial charge in [-0.25, -0.2) is 4.79 Å². The molecule has 9 heteroatoms. The van der Waals surface area contributed by atoms with Crippen LogP contribution in [0.3, 0.4) is 0 Å². The molecule has 0 saturated heterocycles. The number of halogens is 1. The van der Waals surface area contributed by atoms with Gasteiger partial charge in [0.25, 0.3) is 0 Å². The summed E-state index contributed by atoms with van der Waals surface area (Å²) < 4.78 is 5.75. The summed E-state index contributed by atoms with van der Waals surface area (Å²) in [5.74, 6) is -1.02. The number of aryl methyl sites for hydroxylation is 2. The van der Waals surface area contributed by atoms with Crippen LogP contribution in [-0.2, 0) is 14.3 Å². The highest BCUT2D eigenvalue weighted by atomic mass is 79.9. The lowest BCUT2D eigenvalue weighted by Crippen LogP contribution is -2.36. The number of carbonyl (C=O) groups excluding carboxylic acids is 3. The first-order valence-electron chi connectivity index (χ1n) is 8.85. The number of anilines is 2. The maximum Gasteiger partial charge on any atom is 0.341 e. The smallest absolute Gasteiger partial charge is 0.341 e. The van der Waals surface area contributed by atoms with E-state index in [-0.39, 0.29) is 24.9 Å². The Morgan fingerprint density at radius 3 is 2.31 bits per heavy atom. The third kappa shape index (κ3) is 6.12. The van der Waals surface area contributed by atoms with Gasteiger partial charge in [-0.3, -0.25) is 14.5 Å². The molecule has 0 aliphatic carbocycles. The molecule has 156 valence electrons. The summed E-state index contributed by atoms with van der Waals surface area (Å²) in [6, 6.07) is 5.58. The topological polar surface area (TPSA) is 87.7 Å². The number of carbonyl (C=O) groups is 3. The fourth-order valence-electron chi connectivity index (χ4n) is 2.73. The summed E-state index contributed by atoms with van der Waals surface area (Å²) in [7, 11) is 2.99. The fraction of sp³-hybridized carbons (Fsp3) is 0.350. The van der Waals surface area contributed by atoms with Gasteiger partial charge in [0.2, 0.25) is 11.8 Å². The first-order valence-corrected chi connectivity index (χ1v) is 10.5. The van der Waals surface area contributed by atoms with E-state index in [1.807, 2.05) is 39.0 Å².